The highest BCUT2D eigenvalue weighted by atomic mass is 32.2. The SMILES string of the molecule is Cc1cc(Nc2ncnc(Nc3ccccc3S(=O)(=O)C(C)C)n2)c2c(c1C1CCN(C)CC1)CC(C)O2. The van der Waals surface area contributed by atoms with E-state index >= 15 is 0 Å². The van der Waals surface area contributed by atoms with Crippen molar-refractivity contribution < 1.29 is 13.2 Å². The number of aromatic nitrogens is 3. The molecule has 1 saturated heterocycles. The van der Waals surface area contributed by atoms with Crippen LogP contribution in [0.25, 0.3) is 0 Å². The third-order valence-corrected chi connectivity index (χ3v) is 9.66. The lowest BCUT2D eigenvalue weighted by molar-refractivity contribution is 0.254. The molecule has 2 aliphatic rings. The molecule has 5 rings (SSSR count). The topological polar surface area (TPSA) is 109 Å². The average Bonchev–Trinajstić information content (AvgIpc) is 3.27. The minimum atomic E-state index is -3.49. The maximum atomic E-state index is 12.9. The van der Waals surface area contributed by atoms with Gasteiger partial charge in [0.15, 0.2) is 9.84 Å². The van der Waals surface area contributed by atoms with Crippen molar-refractivity contribution >= 4 is 33.1 Å². The second kappa shape index (κ2) is 10.5. The molecular formula is C28H36N6O3S. The average molecular weight is 537 g/mol. The number of rotatable bonds is 7. The molecule has 3 aromatic rings. The van der Waals surface area contributed by atoms with E-state index in [0.717, 1.165) is 43.8 Å². The lowest BCUT2D eigenvalue weighted by Crippen LogP contribution is -2.29. The van der Waals surface area contributed by atoms with Crippen molar-refractivity contribution in [2.24, 2.45) is 0 Å². The fourth-order valence-corrected chi connectivity index (χ4v) is 6.64. The Morgan fingerprint density at radius 3 is 2.39 bits per heavy atom. The van der Waals surface area contributed by atoms with Crippen molar-refractivity contribution in [3.8, 4) is 5.75 Å². The molecule has 38 heavy (non-hydrogen) atoms. The molecule has 2 N–H and O–H groups in total. The van der Waals surface area contributed by atoms with E-state index < -0.39 is 15.1 Å². The number of likely N-dealkylation sites (tertiary alicyclic amines) is 1. The Bertz CT molecular complexity index is 1430. The predicted octanol–water partition coefficient (Wildman–Crippen LogP) is 4.98. The lowest BCUT2D eigenvalue weighted by Gasteiger charge is -2.31. The van der Waals surface area contributed by atoms with Gasteiger partial charge in [-0.1, -0.05) is 12.1 Å². The third kappa shape index (κ3) is 5.19. The van der Waals surface area contributed by atoms with Gasteiger partial charge in [0.25, 0.3) is 0 Å². The van der Waals surface area contributed by atoms with Crippen molar-refractivity contribution in [3.63, 3.8) is 0 Å². The lowest BCUT2D eigenvalue weighted by atomic mass is 9.82. The number of piperidine rings is 1. The standard InChI is InChI=1S/C28H36N6O3S/c1-17(2)38(35,36)24-9-7-6-8-22(24)31-27-29-16-30-28(33-27)32-23-14-18(3)25(20-10-12-34(5)13-11-20)21-15-19(4)37-26(21)23/h6-9,14,16-17,19-20H,10-13,15H2,1-5H3,(H2,29,30,31,32,33). The van der Waals surface area contributed by atoms with Gasteiger partial charge in [0.1, 0.15) is 18.2 Å². The van der Waals surface area contributed by atoms with Crippen molar-refractivity contribution in [1.82, 2.24) is 19.9 Å². The summed E-state index contributed by atoms with van der Waals surface area (Å²) in [6.45, 7) is 9.83. The molecule has 0 radical (unpaired) electrons. The zero-order valence-electron chi connectivity index (χ0n) is 22.7. The first-order valence-corrected chi connectivity index (χ1v) is 14.8. The monoisotopic (exact) mass is 536 g/mol. The fourth-order valence-electron chi connectivity index (χ4n) is 5.44. The van der Waals surface area contributed by atoms with Crippen LogP contribution in [0, 0.1) is 6.92 Å². The molecule has 9 nitrogen and oxygen atoms in total. The van der Waals surface area contributed by atoms with Crippen LogP contribution in [0.2, 0.25) is 0 Å². The van der Waals surface area contributed by atoms with Crippen molar-refractivity contribution in [3.05, 3.63) is 53.3 Å². The summed E-state index contributed by atoms with van der Waals surface area (Å²) in [5.74, 6) is 2.02. The molecule has 1 aromatic heterocycles. The predicted molar refractivity (Wildman–Crippen MR) is 150 cm³/mol. The van der Waals surface area contributed by atoms with E-state index in [-0.39, 0.29) is 16.9 Å². The number of nitrogens with zero attached hydrogens (tertiary/aromatic N) is 4. The number of nitrogens with one attached hydrogen (secondary N) is 2. The van der Waals surface area contributed by atoms with Gasteiger partial charge in [-0.25, -0.2) is 18.4 Å². The van der Waals surface area contributed by atoms with Crippen LogP contribution < -0.4 is 15.4 Å². The van der Waals surface area contributed by atoms with Crippen LogP contribution in [0.1, 0.15) is 56.2 Å². The smallest absolute Gasteiger partial charge is 0.232 e. The number of para-hydroxylation sites is 1. The summed E-state index contributed by atoms with van der Waals surface area (Å²) in [6, 6.07) is 8.91. The summed E-state index contributed by atoms with van der Waals surface area (Å²) in [5.41, 5.74) is 5.23. The minimum absolute atomic E-state index is 0.104. The van der Waals surface area contributed by atoms with Gasteiger partial charge < -0.3 is 20.3 Å². The van der Waals surface area contributed by atoms with Gasteiger partial charge >= 0.3 is 0 Å². The second-order valence-corrected chi connectivity index (χ2v) is 13.1. The van der Waals surface area contributed by atoms with Gasteiger partial charge in [-0.2, -0.15) is 4.98 Å². The zero-order valence-corrected chi connectivity index (χ0v) is 23.5. The molecule has 0 aliphatic carbocycles. The Kier molecular flexibility index (Phi) is 7.28. The van der Waals surface area contributed by atoms with Crippen LogP contribution in [-0.2, 0) is 16.3 Å². The van der Waals surface area contributed by atoms with Gasteiger partial charge in [0.05, 0.1) is 21.5 Å². The maximum Gasteiger partial charge on any atom is 0.232 e. The van der Waals surface area contributed by atoms with E-state index in [1.54, 1.807) is 38.1 Å². The molecule has 0 spiro atoms. The minimum Gasteiger partial charge on any atom is -0.488 e. The van der Waals surface area contributed by atoms with E-state index in [1.807, 2.05) is 0 Å². The summed E-state index contributed by atoms with van der Waals surface area (Å²) in [5, 5.41) is 5.86. The number of ether oxygens (including phenoxy) is 1. The molecular weight excluding hydrogens is 500 g/mol. The van der Waals surface area contributed by atoms with E-state index in [9.17, 15) is 8.42 Å². The number of hydrogen-bond donors (Lipinski definition) is 2. The van der Waals surface area contributed by atoms with Crippen LogP contribution in [-0.4, -0.2) is 59.8 Å². The fraction of sp³-hybridized carbons (Fsp3) is 0.464. The molecule has 0 bridgehead atoms. The van der Waals surface area contributed by atoms with Gasteiger partial charge in [-0.3, -0.25) is 0 Å². The first-order valence-electron chi connectivity index (χ1n) is 13.2. The Morgan fingerprint density at radius 1 is 1.05 bits per heavy atom. The Labute approximate surface area is 225 Å². The van der Waals surface area contributed by atoms with Gasteiger partial charge in [-0.15, -0.1) is 0 Å². The maximum absolute atomic E-state index is 12.9. The Balaban J connectivity index is 1.43. The van der Waals surface area contributed by atoms with Crippen LogP contribution in [0.4, 0.5) is 23.3 Å². The number of benzene rings is 2. The molecule has 1 atom stereocenters. The summed E-state index contributed by atoms with van der Waals surface area (Å²) in [7, 11) is -1.30. The number of anilines is 4. The summed E-state index contributed by atoms with van der Waals surface area (Å²) in [4.78, 5) is 15.7. The van der Waals surface area contributed by atoms with Gasteiger partial charge in [-0.05, 0) is 95.9 Å². The van der Waals surface area contributed by atoms with Crippen LogP contribution in [0.3, 0.4) is 0 Å². The molecule has 0 saturated carbocycles. The molecule has 10 heteroatoms. The Morgan fingerprint density at radius 2 is 1.71 bits per heavy atom. The summed E-state index contributed by atoms with van der Waals surface area (Å²) in [6.07, 6.45) is 4.70. The van der Waals surface area contributed by atoms with Crippen LogP contribution in [0.5, 0.6) is 5.75 Å². The number of aryl methyl sites for hydroxylation is 1. The van der Waals surface area contributed by atoms with E-state index in [1.165, 1.54) is 23.0 Å². The summed E-state index contributed by atoms with van der Waals surface area (Å²) >= 11 is 0. The number of sulfone groups is 1. The highest BCUT2D eigenvalue weighted by Crippen LogP contribution is 2.45. The van der Waals surface area contributed by atoms with E-state index in [2.05, 4.69) is 57.4 Å². The first kappa shape index (κ1) is 26.4. The normalized spacial score (nSPS) is 18.3. The highest BCUT2D eigenvalue weighted by Gasteiger charge is 2.31. The molecule has 1 fully saturated rings. The van der Waals surface area contributed by atoms with Crippen LogP contribution in [0.15, 0.2) is 41.6 Å². The Hall–Kier alpha value is -3.24. The first-order chi connectivity index (χ1) is 18.1. The molecule has 0 amide bonds. The van der Waals surface area contributed by atoms with E-state index in [0.29, 0.717) is 17.6 Å². The quantitative estimate of drug-likeness (QED) is 0.432. The molecule has 1 unspecified atom stereocenters. The molecule has 2 aromatic carbocycles. The number of fused-ring (bicyclic) bond motifs is 1. The van der Waals surface area contributed by atoms with Crippen molar-refractivity contribution in [2.75, 3.05) is 30.8 Å². The van der Waals surface area contributed by atoms with E-state index in [4.69, 9.17) is 4.74 Å². The van der Waals surface area contributed by atoms with Gasteiger partial charge in [0, 0.05) is 12.0 Å². The largest absolute Gasteiger partial charge is 0.488 e. The number of hydrogen-bond acceptors (Lipinski definition) is 9. The van der Waals surface area contributed by atoms with Crippen molar-refractivity contribution in [1.29, 1.82) is 0 Å². The zero-order chi connectivity index (χ0) is 27.0. The van der Waals surface area contributed by atoms with Gasteiger partial charge in [0.2, 0.25) is 11.9 Å². The second-order valence-electron chi connectivity index (χ2n) is 10.6. The highest BCUT2D eigenvalue weighted by molar-refractivity contribution is 7.92. The summed E-state index contributed by atoms with van der Waals surface area (Å²) < 4.78 is 32.0. The van der Waals surface area contributed by atoms with Crippen molar-refractivity contribution in [2.45, 2.75) is 69.1 Å². The molecule has 202 valence electrons. The molecule has 3 heterocycles. The third-order valence-electron chi connectivity index (χ3n) is 7.45. The van der Waals surface area contributed by atoms with Crippen LogP contribution >= 0.6 is 0 Å². The molecule has 2 aliphatic heterocycles.